The van der Waals surface area contributed by atoms with Gasteiger partial charge in [0.05, 0.1) is 6.04 Å². The van der Waals surface area contributed by atoms with Crippen molar-refractivity contribution in [2.75, 3.05) is 13.1 Å². The lowest BCUT2D eigenvalue weighted by molar-refractivity contribution is -0.172. The van der Waals surface area contributed by atoms with Gasteiger partial charge in [-0.05, 0) is 19.4 Å². The zero-order valence-electron chi connectivity index (χ0n) is 5.95. The third kappa shape index (κ3) is 0.779. The predicted molar refractivity (Wildman–Crippen MR) is 36.4 cm³/mol. The predicted octanol–water partition coefficient (Wildman–Crippen LogP) is -0.465. The van der Waals surface area contributed by atoms with Gasteiger partial charge in [-0.25, -0.2) is 0 Å². The van der Waals surface area contributed by atoms with Gasteiger partial charge in [0.1, 0.15) is 0 Å². The Morgan fingerprint density at radius 1 is 1.30 bits per heavy atom. The first-order valence-electron chi connectivity index (χ1n) is 3.89. The first-order chi connectivity index (χ1) is 4.70. The van der Waals surface area contributed by atoms with Crippen LogP contribution in [-0.2, 0) is 0 Å². The molecule has 0 amide bonds. The number of rotatable bonds is 0. The number of nitrogens with zero attached hydrogens (tertiary/aromatic N) is 1. The van der Waals surface area contributed by atoms with E-state index in [4.69, 9.17) is 0 Å². The second-order valence-electron chi connectivity index (χ2n) is 3.32. The fourth-order valence-corrected chi connectivity index (χ4v) is 2.09. The minimum absolute atomic E-state index is 0.0347. The average Bonchev–Trinajstić information content (AvgIpc) is 2.36. The van der Waals surface area contributed by atoms with Crippen molar-refractivity contribution in [3.63, 3.8) is 0 Å². The number of hydrogen-bond acceptors (Lipinski definition) is 3. The lowest BCUT2D eigenvalue weighted by Crippen LogP contribution is -2.40. The van der Waals surface area contributed by atoms with Gasteiger partial charge in [0.25, 0.3) is 0 Å². The van der Waals surface area contributed by atoms with Crippen molar-refractivity contribution in [2.24, 2.45) is 0 Å². The quantitative estimate of drug-likeness (QED) is 0.451. The highest BCUT2D eigenvalue weighted by Gasteiger charge is 2.46. The van der Waals surface area contributed by atoms with Gasteiger partial charge in [-0.3, -0.25) is 4.90 Å². The van der Waals surface area contributed by atoms with E-state index in [1.807, 2.05) is 0 Å². The lowest BCUT2D eigenvalue weighted by atomic mass is 10.1. The van der Waals surface area contributed by atoms with Gasteiger partial charge in [-0.2, -0.15) is 0 Å². The third-order valence-corrected chi connectivity index (χ3v) is 2.66. The number of aliphatic hydroxyl groups is 2. The molecule has 58 valence electrons. The summed E-state index contributed by atoms with van der Waals surface area (Å²) >= 11 is 0. The summed E-state index contributed by atoms with van der Waals surface area (Å²) in [6.45, 7) is 1.91. The maximum absolute atomic E-state index is 9.38. The summed E-state index contributed by atoms with van der Waals surface area (Å²) in [5.41, 5.74) is 0. The standard InChI is InChI=1S/C7H13NO2/c9-7(10)3-5-8-4-1-2-6(7)8/h6,9-10H,1-5H2. The molecular weight excluding hydrogens is 130 g/mol. The zero-order chi connectivity index (χ0) is 7.19. The summed E-state index contributed by atoms with van der Waals surface area (Å²) in [5, 5.41) is 18.8. The minimum atomic E-state index is -1.38. The second-order valence-corrected chi connectivity index (χ2v) is 3.32. The van der Waals surface area contributed by atoms with Crippen LogP contribution in [0.15, 0.2) is 0 Å². The van der Waals surface area contributed by atoms with E-state index >= 15 is 0 Å². The third-order valence-electron chi connectivity index (χ3n) is 2.66. The highest BCUT2D eigenvalue weighted by molar-refractivity contribution is 4.95. The molecular formula is C7H13NO2. The number of hydrogen-bond donors (Lipinski definition) is 2. The molecule has 0 aromatic rings. The van der Waals surface area contributed by atoms with Gasteiger partial charge < -0.3 is 10.2 Å². The molecule has 3 nitrogen and oxygen atoms in total. The summed E-state index contributed by atoms with van der Waals surface area (Å²) in [7, 11) is 0. The Morgan fingerprint density at radius 3 is 2.80 bits per heavy atom. The van der Waals surface area contributed by atoms with Crippen LogP contribution in [0.3, 0.4) is 0 Å². The highest BCUT2D eigenvalue weighted by Crippen LogP contribution is 2.33. The topological polar surface area (TPSA) is 43.7 Å². The molecule has 0 saturated carbocycles. The van der Waals surface area contributed by atoms with E-state index in [-0.39, 0.29) is 6.04 Å². The monoisotopic (exact) mass is 143 g/mol. The van der Waals surface area contributed by atoms with Crippen LogP contribution in [-0.4, -0.2) is 40.0 Å². The molecule has 0 aromatic carbocycles. The molecule has 1 atom stereocenters. The van der Waals surface area contributed by atoms with Gasteiger partial charge in [0.15, 0.2) is 5.79 Å². The van der Waals surface area contributed by atoms with Crippen LogP contribution in [0, 0.1) is 0 Å². The van der Waals surface area contributed by atoms with E-state index in [2.05, 4.69) is 4.90 Å². The van der Waals surface area contributed by atoms with Gasteiger partial charge >= 0.3 is 0 Å². The van der Waals surface area contributed by atoms with Crippen LogP contribution in [0.4, 0.5) is 0 Å². The highest BCUT2D eigenvalue weighted by atomic mass is 16.5. The summed E-state index contributed by atoms with van der Waals surface area (Å²) in [6, 6.07) is 0.0347. The van der Waals surface area contributed by atoms with Crippen LogP contribution in [0.1, 0.15) is 19.3 Å². The smallest absolute Gasteiger partial charge is 0.179 e. The zero-order valence-corrected chi connectivity index (χ0v) is 5.95. The fourth-order valence-electron chi connectivity index (χ4n) is 2.09. The summed E-state index contributed by atoms with van der Waals surface area (Å²) in [6.07, 6.45) is 2.60. The van der Waals surface area contributed by atoms with Gasteiger partial charge in [0, 0.05) is 13.0 Å². The van der Waals surface area contributed by atoms with Crippen LogP contribution in [0.25, 0.3) is 0 Å². The molecule has 0 bridgehead atoms. The van der Waals surface area contributed by atoms with Crippen LogP contribution in [0.5, 0.6) is 0 Å². The Kier molecular flexibility index (Phi) is 1.27. The van der Waals surface area contributed by atoms with Crippen LogP contribution in [0.2, 0.25) is 0 Å². The molecule has 3 heteroatoms. The molecule has 0 aliphatic carbocycles. The van der Waals surface area contributed by atoms with E-state index in [1.54, 1.807) is 0 Å². The van der Waals surface area contributed by atoms with E-state index < -0.39 is 5.79 Å². The normalized spacial score (nSPS) is 38.4. The molecule has 2 aliphatic heterocycles. The van der Waals surface area contributed by atoms with Gasteiger partial charge in [-0.1, -0.05) is 0 Å². The fraction of sp³-hybridized carbons (Fsp3) is 1.00. The summed E-state index contributed by atoms with van der Waals surface area (Å²) in [5.74, 6) is -1.38. The largest absolute Gasteiger partial charge is 0.364 e. The van der Waals surface area contributed by atoms with Crippen LogP contribution >= 0.6 is 0 Å². The van der Waals surface area contributed by atoms with Crippen molar-refractivity contribution in [1.29, 1.82) is 0 Å². The molecule has 2 fully saturated rings. The van der Waals surface area contributed by atoms with E-state index in [0.29, 0.717) is 6.42 Å². The first kappa shape index (κ1) is 6.58. The molecule has 2 saturated heterocycles. The molecule has 0 radical (unpaired) electrons. The molecule has 2 aliphatic rings. The van der Waals surface area contributed by atoms with Crippen molar-refractivity contribution in [1.82, 2.24) is 4.90 Å². The van der Waals surface area contributed by atoms with Crippen molar-refractivity contribution in [3.05, 3.63) is 0 Å². The summed E-state index contributed by atoms with van der Waals surface area (Å²) < 4.78 is 0. The molecule has 1 unspecified atom stereocenters. The Balaban J connectivity index is 2.16. The first-order valence-corrected chi connectivity index (χ1v) is 3.89. The van der Waals surface area contributed by atoms with Crippen molar-refractivity contribution >= 4 is 0 Å². The van der Waals surface area contributed by atoms with E-state index in [1.165, 1.54) is 0 Å². The molecule has 2 heterocycles. The van der Waals surface area contributed by atoms with Crippen molar-refractivity contribution in [3.8, 4) is 0 Å². The van der Waals surface area contributed by atoms with Crippen molar-refractivity contribution in [2.45, 2.75) is 31.1 Å². The van der Waals surface area contributed by atoms with E-state index in [0.717, 1.165) is 25.9 Å². The van der Waals surface area contributed by atoms with E-state index in [9.17, 15) is 10.2 Å². The Labute approximate surface area is 60.3 Å². The maximum atomic E-state index is 9.38. The van der Waals surface area contributed by atoms with Crippen LogP contribution < -0.4 is 0 Å². The molecule has 10 heavy (non-hydrogen) atoms. The Bertz CT molecular complexity index is 147. The Morgan fingerprint density at radius 2 is 2.10 bits per heavy atom. The second kappa shape index (κ2) is 1.94. The lowest BCUT2D eigenvalue weighted by Gasteiger charge is -2.23. The maximum Gasteiger partial charge on any atom is 0.179 e. The number of fused-ring (bicyclic) bond motifs is 1. The molecule has 0 spiro atoms. The van der Waals surface area contributed by atoms with Crippen molar-refractivity contribution < 1.29 is 10.2 Å². The minimum Gasteiger partial charge on any atom is -0.364 e. The summed E-state index contributed by atoms with van der Waals surface area (Å²) in [4.78, 5) is 2.17. The average molecular weight is 143 g/mol. The van der Waals surface area contributed by atoms with Gasteiger partial charge in [-0.15, -0.1) is 0 Å². The molecule has 2 N–H and O–H groups in total. The van der Waals surface area contributed by atoms with Gasteiger partial charge in [0.2, 0.25) is 0 Å². The Hall–Kier alpha value is -0.120. The molecule has 2 rings (SSSR count). The molecule has 0 aromatic heterocycles. The SMILES string of the molecule is OC1(O)CCN2CCCC21.